The van der Waals surface area contributed by atoms with E-state index >= 15 is 0 Å². The van der Waals surface area contributed by atoms with Crippen molar-refractivity contribution >= 4 is 46.2 Å². The highest BCUT2D eigenvalue weighted by Gasteiger charge is 2.44. The molecule has 5 aromatic carbocycles. The molecular weight excluding hydrogens is 470 g/mol. The summed E-state index contributed by atoms with van der Waals surface area (Å²) in [6.45, 7) is 2.04. The Morgan fingerprint density at radius 1 is 0.526 bits per heavy atom. The number of rotatable bonds is 2. The lowest BCUT2D eigenvalue weighted by atomic mass is 9.31. The van der Waals surface area contributed by atoms with Crippen LogP contribution in [-0.4, -0.2) is 20.5 Å². The lowest BCUT2D eigenvalue weighted by Crippen LogP contribution is -2.61. The summed E-state index contributed by atoms with van der Waals surface area (Å²) in [7, 11) is 1.73. The topological polar surface area (TPSA) is 36.9 Å². The molecule has 0 unspecified atom stereocenters. The number of fused-ring (bicyclic) bond motifs is 6. The summed E-state index contributed by atoms with van der Waals surface area (Å²) in [5, 5.41) is 0. The molecule has 3 heterocycles. The highest BCUT2D eigenvalue weighted by molar-refractivity contribution is 7.00. The zero-order valence-electron chi connectivity index (χ0n) is 21.0. The Labute approximate surface area is 221 Å². The molecule has 5 aromatic rings. The van der Waals surface area contributed by atoms with Crippen molar-refractivity contribution in [2.24, 2.45) is 0 Å². The Hall–Kier alpha value is -4.57. The van der Waals surface area contributed by atoms with E-state index in [0.717, 1.165) is 78.6 Å². The molecule has 6 heteroatoms. The predicted molar refractivity (Wildman–Crippen MR) is 153 cm³/mol. The molecule has 0 fully saturated rings. The van der Waals surface area contributed by atoms with Crippen LogP contribution in [0.1, 0.15) is 5.56 Å². The number of ether oxygens (including phenoxy) is 4. The predicted octanol–water partition coefficient (Wildman–Crippen LogP) is 3.35. The van der Waals surface area contributed by atoms with E-state index in [0.29, 0.717) is 0 Å². The monoisotopic (exact) mass is 492 g/mol. The van der Waals surface area contributed by atoms with E-state index in [-0.39, 0.29) is 13.4 Å². The third-order valence-corrected chi connectivity index (χ3v) is 8.01. The zero-order chi connectivity index (χ0) is 25.4. The maximum absolute atomic E-state index is 6.63. The van der Waals surface area contributed by atoms with Crippen molar-refractivity contribution in [2.45, 2.75) is 6.92 Å². The number of para-hydroxylation sites is 3. The fourth-order valence-electron chi connectivity index (χ4n) is 6.37. The fourth-order valence-corrected chi connectivity index (χ4v) is 6.37. The van der Waals surface area contributed by atoms with Crippen LogP contribution in [0.4, 0.5) is 0 Å². The first-order chi connectivity index (χ1) is 18.7. The first-order valence-corrected chi connectivity index (χ1v) is 12.9. The van der Waals surface area contributed by atoms with E-state index in [1.165, 1.54) is 0 Å². The van der Waals surface area contributed by atoms with Gasteiger partial charge < -0.3 is 18.9 Å². The largest absolute Gasteiger partial charge is 0.497 e. The average molecular weight is 492 g/mol. The molecule has 0 saturated heterocycles. The molecule has 180 valence electrons. The summed E-state index contributed by atoms with van der Waals surface area (Å²) in [5.74, 6) is 5.97. The van der Waals surface area contributed by atoms with Gasteiger partial charge in [-0.05, 0) is 64.6 Å². The van der Waals surface area contributed by atoms with Crippen LogP contribution in [-0.2, 0) is 0 Å². The number of hydrogen-bond donors (Lipinski definition) is 0. The van der Waals surface area contributed by atoms with Crippen LogP contribution in [0.3, 0.4) is 0 Å². The number of methoxy groups -OCH3 is 1. The Kier molecular flexibility index (Phi) is 4.51. The third kappa shape index (κ3) is 2.89. The Balaban J connectivity index is 1.43. The molecule has 0 spiro atoms. The molecular formula is C32H22B2O4. The van der Waals surface area contributed by atoms with E-state index in [4.69, 9.17) is 18.9 Å². The van der Waals surface area contributed by atoms with Crippen molar-refractivity contribution in [3.8, 4) is 40.2 Å². The van der Waals surface area contributed by atoms with Gasteiger partial charge in [0.2, 0.25) is 0 Å². The highest BCUT2D eigenvalue weighted by atomic mass is 16.5. The lowest BCUT2D eigenvalue weighted by molar-refractivity contribution is 0.418. The molecule has 0 aromatic heterocycles. The summed E-state index contributed by atoms with van der Waals surface area (Å²) in [6.07, 6.45) is 0. The van der Waals surface area contributed by atoms with Gasteiger partial charge in [-0.2, -0.15) is 0 Å². The quantitative estimate of drug-likeness (QED) is 0.347. The van der Waals surface area contributed by atoms with E-state index in [9.17, 15) is 0 Å². The molecule has 0 aliphatic carbocycles. The minimum atomic E-state index is -0.0539. The van der Waals surface area contributed by atoms with Gasteiger partial charge in [0, 0.05) is 11.0 Å². The molecule has 38 heavy (non-hydrogen) atoms. The van der Waals surface area contributed by atoms with Crippen LogP contribution in [0.2, 0.25) is 0 Å². The molecule has 4 nitrogen and oxygen atoms in total. The molecule has 8 rings (SSSR count). The van der Waals surface area contributed by atoms with Crippen molar-refractivity contribution < 1.29 is 18.9 Å². The number of hydrogen-bond acceptors (Lipinski definition) is 4. The van der Waals surface area contributed by atoms with Crippen LogP contribution in [0.5, 0.6) is 40.2 Å². The van der Waals surface area contributed by atoms with Crippen LogP contribution < -0.4 is 51.7 Å². The summed E-state index contributed by atoms with van der Waals surface area (Å²) in [4.78, 5) is 0. The van der Waals surface area contributed by atoms with E-state index in [2.05, 4.69) is 49.4 Å². The Morgan fingerprint density at radius 3 is 1.79 bits per heavy atom. The van der Waals surface area contributed by atoms with Gasteiger partial charge in [-0.25, -0.2) is 0 Å². The lowest BCUT2D eigenvalue weighted by Gasteiger charge is -2.36. The SMILES string of the molecule is COc1ccccc1B1c2ccccc2Oc2c1cc1c(c2C)Oc2cccc3c2B1c1ccccc1O3. The van der Waals surface area contributed by atoms with Crippen LogP contribution in [0, 0.1) is 6.92 Å². The molecule has 0 bridgehead atoms. The van der Waals surface area contributed by atoms with Gasteiger partial charge in [-0.15, -0.1) is 0 Å². The van der Waals surface area contributed by atoms with Crippen LogP contribution in [0.15, 0.2) is 97.1 Å². The van der Waals surface area contributed by atoms with Gasteiger partial charge in [-0.3, -0.25) is 0 Å². The van der Waals surface area contributed by atoms with Gasteiger partial charge in [0.05, 0.1) is 7.11 Å². The molecule has 0 N–H and O–H groups in total. The summed E-state index contributed by atoms with van der Waals surface area (Å²) in [5.41, 5.74) is 7.67. The third-order valence-electron chi connectivity index (χ3n) is 8.01. The minimum Gasteiger partial charge on any atom is -0.497 e. The molecule has 0 amide bonds. The first kappa shape index (κ1) is 21.5. The van der Waals surface area contributed by atoms with Crippen LogP contribution in [0.25, 0.3) is 0 Å². The van der Waals surface area contributed by atoms with Crippen molar-refractivity contribution in [2.75, 3.05) is 7.11 Å². The second-order valence-corrected chi connectivity index (χ2v) is 10.00. The smallest absolute Gasteiger partial charge is 0.260 e. The van der Waals surface area contributed by atoms with Gasteiger partial charge in [-0.1, -0.05) is 66.7 Å². The average Bonchev–Trinajstić information content (AvgIpc) is 2.96. The second-order valence-electron chi connectivity index (χ2n) is 10.00. The molecule has 0 atom stereocenters. The maximum atomic E-state index is 6.63. The molecule has 3 aliphatic heterocycles. The van der Waals surface area contributed by atoms with E-state index in [1.807, 2.05) is 54.6 Å². The van der Waals surface area contributed by atoms with E-state index < -0.39 is 0 Å². The Morgan fingerprint density at radius 2 is 1.05 bits per heavy atom. The maximum Gasteiger partial charge on any atom is 0.260 e. The van der Waals surface area contributed by atoms with Crippen molar-refractivity contribution in [1.29, 1.82) is 0 Å². The molecule has 3 aliphatic rings. The summed E-state index contributed by atoms with van der Waals surface area (Å²) in [6, 6.07) is 33.2. The van der Waals surface area contributed by atoms with Gasteiger partial charge >= 0.3 is 0 Å². The van der Waals surface area contributed by atoms with Crippen molar-refractivity contribution in [3.63, 3.8) is 0 Å². The van der Waals surface area contributed by atoms with Crippen LogP contribution >= 0.6 is 0 Å². The van der Waals surface area contributed by atoms with E-state index in [1.54, 1.807) is 7.11 Å². The number of benzene rings is 5. The Bertz CT molecular complexity index is 1780. The zero-order valence-corrected chi connectivity index (χ0v) is 21.0. The summed E-state index contributed by atoms with van der Waals surface area (Å²) >= 11 is 0. The normalized spacial score (nSPS) is 13.5. The molecule has 0 saturated carbocycles. The van der Waals surface area contributed by atoms with Crippen molar-refractivity contribution in [3.05, 3.63) is 103 Å². The van der Waals surface area contributed by atoms with Crippen molar-refractivity contribution in [1.82, 2.24) is 0 Å². The second kappa shape index (κ2) is 7.96. The van der Waals surface area contributed by atoms with Gasteiger partial charge in [0.25, 0.3) is 13.4 Å². The molecule has 0 radical (unpaired) electrons. The van der Waals surface area contributed by atoms with Gasteiger partial charge in [0.15, 0.2) is 0 Å². The summed E-state index contributed by atoms with van der Waals surface area (Å²) < 4.78 is 25.4. The minimum absolute atomic E-state index is 0.00520. The fraction of sp³-hybridized carbons (Fsp3) is 0.0625. The first-order valence-electron chi connectivity index (χ1n) is 12.9. The van der Waals surface area contributed by atoms with Gasteiger partial charge in [0.1, 0.15) is 40.2 Å². The standard InChI is InChI=1S/C32H22B2O4/c1-19-31-23(33(20-10-3-6-13-25(20)35-2)21-11-4-8-15-27(21)37-31)18-24-32(19)38-29-17-9-16-28-30(29)34(24)22-12-5-7-14-26(22)36-28/h3-18H,1-2H3. The highest BCUT2D eigenvalue weighted by Crippen LogP contribution is 2.39.